The molecule has 7 atom stereocenters. The lowest BCUT2D eigenvalue weighted by atomic mass is 9.87. The van der Waals surface area contributed by atoms with Crippen molar-refractivity contribution < 1.29 is 80.5 Å². The molecule has 316 valence electrons. The zero-order chi connectivity index (χ0) is 42.3. The second kappa shape index (κ2) is 19.5. The number of halogens is 1. The number of ether oxygens (including phenoxy) is 1. The van der Waals surface area contributed by atoms with Gasteiger partial charge >= 0.3 is 23.5 Å². The van der Waals surface area contributed by atoms with Crippen LogP contribution < -0.4 is 16.4 Å². The monoisotopic (exact) mass is 949 g/mol. The van der Waals surface area contributed by atoms with Gasteiger partial charge in [-0.3, -0.25) is 32.5 Å². The van der Waals surface area contributed by atoms with Crippen molar-refractivity contribution in [1.29, 1.82) is 0 Å². The van der Waals surface area contributed by atoms with E-state index in [9.17, 15) is 57.9 Å². The second-order valence-corrected chi connectivity index (χ2v) is 18.9. The fourth-order valence-electron chi connectivity index (χ4n) is 4.97. The molecular weight excluding hydrogens is 911 g/mol. The Balaban J connectivity index is 1.23. The molecule has 0 radical (unpaired) electrons. The van der Waals surface area contributed by atoms with Gasteiger partial charge in [-0.2, -0.15) is 4.31 Å². The van der Waals surface area contributed by atoms with Gasteiger partial charge < -0.3 is 50.9 Å². The average molecular weight is 951 g/mol. The number of aliphatic hydroxyl groups is 2. The summed E-state index contributed by atoms with van der Waals surface area (Å²) in [6, 6.07) is 6.83. The molecule has 1 aliphatic heterocycles. The normalized spacial score (nSPS) is 21.4. The number of nitrogens with two attached hydrogens (primary N) is 1. The zero-order valence-corrected chi connectivity index (χ0v) is 34.8. The number of anilines is 1. The molecule has 0 bridgehead atoms. The second-order valence-electron chi connectivity index (χ2n) is 12.7. The van der Waals surface area contributed by atoms with Gasteiger partial charge in [0.05, 0.1) is 19.5 Å². The summed E-state index contributed by atoms with van der Waals surface area (Å²) in [4.78, 5) is 87.9. The fraction of sp³-hybridized carbons (Fsp3) is 0.500. The standard InChI is InChI=1S/C28H39BrN7O17P3S/c1-28(2,22(39)25(40)32-7-6-18(37)31-8-9-57-27(41)15-4-3-5-16(29)10-15)12-50-56(47,48)53-55(45,46)49-11-17-21(52-54(42,43)44)20(38)26(51-17)36-14-35-19-23(30)33-13-34-24(19)36/h3-5,10,13-14,17,20-22,26,38-39H,6-9,11-12H2,1-2H3,(H,31,37)(H,32,40)(H,45,46)(H,47,48)(H2,30,33,34)(H2,42,43,44)/t17-,20-,21-,22?,26-/m1/s1. The van der Waals surface area contributed by atoms with Crippen LogP contribution in [0.4, 0.5) is 5.82 Å². The van der Waals surface area contributed by atoms with Crippen molar-refractivity contribution >= 4 is 85.1 Å². The first-order valence-corrected chi connectivity index (χ1v) is 22.6. The SMILES string of the molecule is CC(C)(COP(=O)(O)OP(=O)(O)OC[C@H]1O[C@@H](n2cnc3c(N)ncnc32)[C@H](O)[C@@H]1OP(=O)(O)O)C(O)C(=O)NCCC(=O)NCCSC(=O)c1cccc(Br)c1. The number of phosphoric ester groups is 3. The van der Waals surface area contributed by atoms with Crippen LogP contribution in [0.25, 0.3) is 11.2 Å². The number of nitrogens with zero attached hydrogens (tertiary/aromatic N) is 4. The van der Waals surface area contributed by atoms with Crippen molar-refractivity contribution in [2.24, 2.45) is 5.41 Å². The Bertz CT molecular complexity index is 2080. The molecule has 1 aliphatic rings. The molecule has 0 spiro atoms. The first-order valence-electron chi connectivity index (χ1n) is 16.3. The average Bonchev–Trinajstić information content (AvgIpc) is 3.68. The van der Waals surface area contributed by atoms with Gasteiger partial charge in [-0.05, 0) is 12.1 Å². The number of nitrogen functional groups attached to an aromatic ring is 1. The molecule has 57 heavy (non-hydrogen) atoms. The Morgan fingerprint density at radius 3 is 2.46 bits per heavy atom. The Labute approximate surface area is 335 Å². The van der Waals surface area contributed by atoms with Crippen LogP contribution in [0.15, 0.2) is 41.4 Å². The molecule has 24 nitrogen and oxygen atoms in total. The smallest absolute Gasteiger partial charge is 0.386 e. The van der Waals surface area contributed by atoms with Gasteiger partial charge in [-0.1, -0.05) is 53.7 Å². The number of hydrogen-bond donors (Lipinski definition) is 9. The number of nitrogens with one attached hydrogen (secondary N) is 2. The molecule has 0 aliphatic carbocycles. The number of rotatable bonds is 20. The first kappa shape index (κ1) is 46.9. The molecule has 1 saturated heterocycles. The van der Waals surface area contributed by atoms with E-state index in [0.29, 0.717) is 11.3 Å². The molecule has 10 N–H and O–H groups in total. The highest BCUT2D eigenvalue weighted by molar-refractivity contribution is 9.10. The van der Waals surface area contributed by atoms with E-state index in [0.717, 1.165) is 33.5 Å². The van der Waals surface area contributed by atoms with Gasteiger partial charge in [0.15, 0.2) is 17.7 Å². The van der Waals surface area contributed by atoms with Crippen molar-refractivity contribution in [3.63, 3.8) is 0 Å². The number of benzene rings is 1. The molecule has 0 saturated carbocycles. The maximum absolute atomic E-state index is 12.7. The molecule has 3 aromatic rings. The van der Waals surface area contributed by atoms with Gasteiger partial charge in [0.1, 0.15) is 36.3 Å². The minimum absolute atomic E-state index is 0.0283. The highest BCUT2D eigenvalue weighted by Crippen LogP contribution is 2.61. The van der Waals surface area contributed by atoms with E-state index >= 15 is 0 Å². The van der Waals surface area contributed by atoms with E-state index in [2.05, 4.69) is 50.3 Å². The van der Waals surface area contributed by atoms with Gasteiger partial charge in [0, 0.05) is 40.7 Å². The summed E-state index contributed by atoms with van der Waals surface area (Å²) in [7, 11) is -16.4. The summed E-state index contributed by atoms with van der Waals surface area (Å²) >= 11 is 4.30. The largest absolute Gasteiger partial charge is 0.481 e. The molecule has 3 unspecified atom stereocenters. The van der Waals surface area contributed by atoms with Crippen molar-refractivity contribution in [2.75, 3.05) is 37.8 Å². The van der Waals surface area contributed by atoms with Crippen LogP contribution in [0.5, 0.6) is 0 Å². The quantitative estimate of drug-likeness (QED) is 0.0557. The van der Waals surface area contributed by atoms with Crippen molar-refractivity contribution in [3.05, 3.63) is 47.0 Å². The van der Waals surface area contributed by atoms with Crippen LogP contribution in [0.3, 0.4) is 0 Å². The first-order chi connectivity index (χ1) is 26.5. The van der Waals surface area contributed by atoms with Crippen molar-refractivity contribution in [2.45, 2.75) is 50.9 Å². The molecule has 3 heterocycles. The predicted molar refractivity (Wildman–Crippen MR) is 201 cm³/mol. The summed E-state index contributed by atoms with van der Waals surface area (Å²) in [5.74, 6) is -1.19. The summed E-state index contributed by atoms with van der Waals surface area (Å²) in [6.07, 6.45) is -6.96. The Morgan fingerprint density at radius 1 is 1.07 bits per heavy atom. The maximum atomic E-state index is 12.7. The Hall–Kier alpha value is -2.74. The minimum Gasteiger partial charge on any atom is -0.386 e. The number of amides is 2. The molecule has 1 fully saturated rings. The summed E-state index contributed by atoms with van der Waals surface area (Å²) < 4.78 is 62.9. The van der Waals surface area contributed by atoms with Crippen LogP contribution in [0.1, 0.15) is 36.9 Å². The van der Waals surface area contributed by atoms with Crippen molar-refractivity contribution in [3.8, 4) is 0 Å². The molecule has 4 rings (SSSR count). The van der Waals surface area contributed by atoms with Gasteiger partial charge in [-0.15, -0.1) is 0 Å². The number of carbonyl (C=O) groups excluding carboxylic acids is 3. The van der Waals surface area contributed by atoms with Crippen LogP contribution in [0.2, 0.25) is 0 Å². The zero-order valence-electron chi connectivity index (χ0n) is 29.8. The van der Waals surface area contributed by atoms with Crippen LogP contribution in [0, 0.1) is 5.41 Å². The maximum Gasteiger partial charge on any atom is 0.481 e. The number of imidazole rings is 1. The van der Waals surface area contributed by atoms with Crippen molar-refractivity contribution in [1.82, 2.24) is 30.2 Å². The Morgan fingerprint density at radius 2 is 1.77 bits per heavy atom. The topological polar surface area (TPSA) is 364 Å². The predicted octanol–water partition coefficient (Wildman–Crippen LogP) is 0.741. The van der Waals surface area contributed by atoms with Gasteiger partial charge in [0.2, 0.25) is 16.9 Å². The van der Waals surface area contributed by atoms with E-state index in [-0.39, 0.29) is 41.6 Å². The lowest BCUT2D eigenvalue weighted by Gasteiger charge is -2.30. The van der Waals surface area contributed by atoms with Gasteiger partial charge in [-0.25, -0.2) is 28.6 Å². The van der Waals surface area contributed by atoms with E-state index < -0.39 is 84.6 Å². The van der Waals surface area contributed by atoms with Gasteiger partial charge in [0.25, 0.3) is 0 Å². The summed E-state index contributed by atoms with van der Waals surface area (Å²) in [5.41, 5.74) is 4.74. The number of hydrogen-bond acceptors (Lipinski definition) is 18. The lowest BCUT2D eigenvalue weighted by Crippen LogP contribution is -2.46. The third kappa shape index (κ3) is 13.6. The van der Waals surface area contributed by atoms with Crippen LogP contribution >= 0.6 is 51.2 Å². The third-order valence-electron chi connectivity index (χ3n) is 7.80. The summed E-state index contributed by atoms with van der Waals surface area (Å²) in [5, 5.41) is 26.2. The highest BCUT2D eigenvalue weighted by Gasteiger charge is 2.50. The number of thioether (sulfide) groups is 1. The number of carbonyl (C=O) groups is 3. The van der Waals surface area contributed by atoms with E-state index in [4.69, 9.17) is 19.5 Å². The molecule has 2 amide bonds. The fourth-order valence-corrected chi connectivity index (χ4v) is 8.88. The van der Waals surface area contributed by atoms with Crippen LogP contribution in [-0.2, 0) is 45.9 Å². The molecular formula is C28H39BrN7O17P3S. The molecule has 1 aromatic carbocycles. The summed E-state index contributed by atoms with van der Waals surface area (Å²) in [6.45, 7) is 0.422. The van der Waals surface area contributed by atoms with E-state index in [1.807, 2.05) is 0 Å². The van der Waals surface area contributed by atoms with E-state index in [1.54, 1.807) is 24.3 Å². The highest BCUT2D eigenvalue weighted by atomic mass is 79.9. The number of aromatic nitrogens is 4. The third-order valence-corrected chi connectivity index (χ3v) is 12.3. The number of aliphatic hydroxyl groups excluding tert-OH is 2. The molecule has 29 heteroatoms. The minimum atomic E-state index is -5.58. The van der Waals surface area contributed by atoms with E-state index in [1.165, 1.54) is 13.8 Å². The number of fused-ring (bicyclic) bond motifs is 1. The number of phosphoric acid groups is 3. The molecule has 2 aromatic heterocycles. The van der Waals surface area contributed by atoms with Crippen LogP contribution in [-0.4, -0.2) is 123 Å². The Kier molecular flexibility index (Phi) is 16.1. The lowest BCUT2D eigenvalue weighted by molar-refractivity contribution is -0.137.